The van der Waals surface area contributed by atoms with Crippen LogP contribution in [0, 0.1) is 18.6 Å². The number of para-hydroxylation sites is 1. The van der Waals surface area contributed by atoms with Crippen LogP contribution in [-0.4, -0.2) is 11.1 Å². The highest BCUT2D eigenvalue weighted by molar-refractivity contribution is 6.31. The molecule has 0 saturated heterocycles. The van der Waals surface area contributed by atoms with Gasteiger partial charge in [0.1, 0.15) is 18.2 Å². The highest BCUT2D eigenvalue weighted by Gasteiger charge is 2.21. The lowest BCUT2D eigenvalue weighted by Gasteiger charge is -2.08. The maximum atomic E-state index is 13.6. The number of ether oxygens (including phenoxy) is 1. The van der Waals surface area contributed by atoms with E-state index in [2.05, 4.69) is 10.5 Å². The van der Waals surface area contributed by atoms with E-state index < -0.39 is 17.5 Å². The topological polar surface area (TPSA) is 64.4 Å². The summed E-state index contributed by atoms with van der Waals surface area (Å²) in [5, 5.41) is 6.14. The number of rotatable bonds is 5. The van der Waals surface area contributed by atoms with Crippen molar-refractivity contribution in [3.8, 4) is 5.75 Å². The van der Waals surface area contributed by atoms with Gasteiger partial charge in [-0.15, -0.1) is 0 Å². The Balaban J connectivity index is 1.77. The molecule has 0 aliphatic carbocycles. The van der Waals surface area contributed by atoms with Crippen LogP contribution in [0.4, 0.5) is 14.5 Å². The second kappa shape index (κ2) is 7.53. The van der Waals surface area contributed by atoms with Crippen LogP contribution in [0.15, 0.2) is 47.0 Å². The number of hydrogen-bond acceptors (Lipinski definition) is 4. The summed E-state index contributed by atoms with van der Waals surface area (Å²) < 4.78 is 37.3. The van der Waals surface area contributed by atoms with E-state index in [0.29, 0.717) is 17.0 Å². The molecule has 0 fully saturated rings. The molecule has 0 atom stereocenters. The van der Waals surface area contributed by atoms with Gasteiger partial charge in [0, 0.05) is 5.69 Å². The van der Waals surface area contributed by atoms with Gasteiger partial charge in [-0.3, -0.25) is 4.79 Å². The Bertz CT molecular complexity index is 959. The zero-order valence-electron chi connectivity index (χ0n) is 13.6. The van der Waals surface area contributed by atoms with Gasteiger partial charge < -0.3 is 14.6 Å². The number of amides is 1. The van der Waals surface area contributed by atoms with Crippen LogP contribution in [0.2, 0.25) is 5.02 Å². The smallest absolute Gasteiger partial charge is 0.278 e. The quantitative estimate of drug-likeness (QED) is 0.696. The fraction of sp³-hybridized carbons (Fsp3) is 0.111. The third-order valence-corrected chi connectivity index (χ3v) is 3.88. The molecule has 0 unspecified atom stereocenters. The van der Waals surface area contributed by atoms with E-state index >= 15 is 0 Å². The largest absolute Gasteiger partial charge is 0.486 e. The molecule has 0 aliphatic heterocycles. The molecule has 26 heavy (non-hydrogen) atoms. The molecule has 0 spiro atoms. The average molecular weight is 379 g/mol. The van der Waals surface area contributed by atoms with Crippen LogP contribution < -0.4 is 10.1 Å². The van der Waals surface area contributed by atoms with Crippen LogP contribution in [0.5, 0.6) is 5.75 Å². The van der Waals surface area contributed by atoms with Crippen molar-refractivity contribution in [1.82, 2.24) is 5.16 Å². The van der Waals surface area contributed by atoms with Gasteiger partial charge in [0.05, 0.1) is 10.6 Å². The maximum absolute atomic E-state index is 13.6. The van der Waals surface area contributed by atoms with E-state index in [0.717, 1.165) is 6.07 Å². The molecule has 8 heteroatoms. The van der Waals surface area contributed by atoms with Gasteiger partial charge >= 0.3 is 0 Å². The molecule has 1 heterocycles. The average Bonchev–Trinajstić information content (AvgIpc) is 2.98. The molecule has 0 aliphatic rings. The van der Waals surface area contributed by atoms with Gasteiger partial charge in [-0.05, 0) is 37.3 Å². The van der Waals surface area contributed by atoms with Crippen molar-refractivity contribution in [1.29, 1.82) is 0 Å². The Morgan fingerprint density at radius 2 is 2.00 bits per heavy atom. The molecule has 3 rings (SSSR count). The molecule has 3 aromatic rings. The minimum absolute atomic E-state index is 0.0145. The van der Waals surface area contributed by atoms with Crippen LogP contribution in [0.1, 0.15) is 21.8 Å². The lowest BCUT2D eigenvalue weighted by atomic mass is 10.2. The van der Waals surface area contributed by atoms with Gasteiger partial charge in [-0.25, -0.2) is 8.78 Å². The van der Waals surface area contributed by atoms with Crippen molar-refractivity contribution in [3.05, 3.63) is 76.1 Å². The first-order valence-corrected chi connectivity index (χ1v) is 7.92. The molecular formula is C18H13ClF2N2O3. The Hall–Kier alpha value is -2.93. The third-order valence-electron chi connectivity index (χ3n) is 3.59. The van der Waals surface area contributed by atoms with Crippen molar-refractivity contribution >= 4 is 23.2 Å². The SMILES string of the molecule is Cc1onc(C(=O)Nc2ccc(F)c(Cl)c2)c1COc1ccccc1F. The van der Waals surface area contributed by atoms with Crippen LogP contribution >= 0.6 is 11.6 Å². The number of aromatic nitrogens is 1. The van der Waals surface area contributed by atoms with E-state index in [-0.39, 0.29) is 23.1 Å². The predicted molar refractivity (Wildman–Crippen MR) is 91.3 cm³/mol. The van der Waals surface area contributed by atoms with E-state index in [1.807, 2.05) is 0 Å². The second-order valence-electron chi connectivity index (χ2n) is 5.37. The van der Waals surface area contributed by atoms with Crippen molar-refractivity contribution in [2.24, 2.45) is 0 Å². The molecule has 134 valence electrons. The molecular weight excluding hydrogens is 366 g/mol. The van der Waals surface area contributed by atoms with Gasteiger partial charge in [0.2, 0.25) is 0 Å². The van der Waals surface area contributed by atoms with E-state index in [9.17, 15) is 13.6 Å². The Morgan fingerprint density at radius 1 is 1.23 bits per heavy atom. The normalized spacial score (nSPS) is 10.6. The number of carbonyl (C=O) groups is 1. The minimum Gasteiger partial charge on any atom is -0.486 e. The lowest BCUT2D eigenvalue weighted by Crippen LogP contribution is -2.15. The van der Waals surface area contributed by atoms with Gasteiger partial charge in [0.25, 0.3) is 5.91 Å². The molecule has 0 radical (unpaired) electrons. The van der Waals surface area contributed by atoms with Crippen LogP contribution in [0.3, 0.4) is 0 Å². The van der Waals surface area contributed by atoms with Gasteiger partial charge in [-0.1, -0.05) is 28.9 Å². The standard InChI is InChI=1S/C18H13ClF2N2O3/c1-10-12(9-25-16-5-3-2-4-15(16)21)17(23-26-10)18(24)22-11-6-7-14(20)13(19)8-11/h2-8H,9H2,1H3,(H,22,24). The van der Waals surface area contributed by atoms with E-state index in [1.165, 1.54) is 24.3 Å². The zero-order valence-corrected chi connectivity index (χ0v) is 14.3. The van der Waals surface area contributed by atoms with Crippen molar-refractivity contribution in [2.45, 2.75) is 13.5 Å². The Labute approximate surface area is 152 Å². The van der Waals surface area contributed by atoms with E-state index in [1.54, 1.807) is 19.1 Å². The fourth-order valence-electron chi connectivity index (χ4n) is 2.22. The summed E-state index contributed by atoms with van der Waals surface area (Å²) in [4.78, 5) is 12.4. The van der Waals surface area contributed by atoms with Crippen LogP contribution in [0.25, 0.3) is 0 Å². The Morgan fingerprint density at radius 3 is 2.73 bits per heavy atom. The number of halogens is 3. The summed E-state index contributed by atoms with van der Waals surface area (Å²) >= 11 is 5.70. The van der Waals surface area contributed by atoms with E-state index in [4.69, 9.17) is 20.9 Å². The van der Waals surface area contributed by atoms with Crippen molar-refractivity contribution < 1.29 is 22.8 Å². The number of hydrogen-bond donors (Lipinski definition) is 1. The molecule has 0 saturated carbocycles. The number of nitrogens with zero attached hydrogens (tertiary/aromatic N) is 1. The zero-order chi connectivity index (χ0) is 18.7. The second-order valence-corrected chi connectivity index (χ2v) is 5.78. The summed E-state index contributed by atoms with van der Waals surface area (Å²) in [6.07, 6.45) is 0. The highest BCUT2D eigenvalue weighted by Crippen LogP contribution is 2.23. The fourth-order valence-corrected chi connectivity index (χ4v) is 2.40. The summed E-state index contributed by atoms with van der Waals surface area (Å²) in [6, 6.07) is 9.68. The minimum atomic E-state index is -0.596. The number of benzene rings is 2. The monoisotopic (exact) mass is 378 g/mol. The lowest BCUT2D eigenvalue weighted by molar-refractivity contribution is 0.101. The molecule has 2 aromatic carbocycles. The number of anilines is 1. The third kappa shape index (κ3) is 3.83. The first kappa shape index (κ1) is 17.9. The first-order chi connectivity index (χ1) is 12.5. The maximum Gasteiger partial charge on any atom is 0.278 e. The van der Waals surface area contributed by atoms with Crippen molar-refractivity contribution in [3.63, 3.8) is 0 Å². The number of nitrogens with one attached hydrogen (secondary N) is 1. The summed E-state index contributed by atoms with van der Waals surface area (Å²) in [5.41, 5.74) is 0.654. The van der Waals surface area contributed by atoms with Gasteiger partial charge in [-0.2, -0.15) is 0 Å². The predicted octanol–water partition coefficient (Wildman–Crippen LogP) is 4.75. The number of carbonyl (C=O) groups excluding carboxylic acids is 1. The van der Waals surface area contributed by atoms with Crippen molar-refractivity contribution in [2.75, 3.05) is 5.32 Å². The van der Waals surface area contributed by atoms with Gasteiger partial charge in [0.15, 0.2) is 17.3 Å². The molecule has 0 bridgehead atoms. The van der Waals surface area contributed by atoms with Crippen LogP contribution in [-0.2, 0) is 6.61 Å². The summed E-state index contributed by atoms with van der Waals surface area (Å²) in [7, 11) is 0. The first-order valence-electron chi connectivity index (χ1n) is 7.54. The summed E-state index contributed by atoms with van der Waals surface area (Å²) in [6.45, 7) is 1.50. The molecule has 5 nitrogen and oxygen atoms in total. The highest BCUT2D eigenvalue weighted by atomic mass is 35.5. The molecule has 1 N–H and O–H groups in total. The molecule has 1 aromatic heterocycles. The summed E-state index contributed by atoms with van der Waals surface area (Å²) in [5.74, 6) is -1.29. The number of aryl methyl sites for hydroxylation is 1. The Kier molecular flexibility index (Phi) is 5.18. The molecule has 1 amide bonds.